The zero-order chi connectivity index (χ0) is 16.1. The summed E-state index contributed by atoms with van der Waals surface area (Å²) in [6.07, 6.45) is 0.932. The molecule has 0 radical (unpaired) electrons. The van der Waals surface area contributed by atoms with Gasteiger partial charge in [0.05, 0.1) is 7.11 Å². The van der Waals surface area contributed by atoms with Crippen LogP contribution in [0.25, 0.3) is 0 Å². The largest absolute Gasteiger partial charge is 0.469 e. The lowest BCUT2D eigenvalue weighted by Crippen LogP contribution is -2.02. The number of carbonyl (C=O) groups excluding carboxylic acids is 1. The van der Waals surface area contributed by atoms with Gasteiger partial charge in [0.2, 0.25) is 0 Å². The summed E-state index contributed by atoms with van der Waals surface area (Å²) >= 11 is 3.29. The maximum absolute atomic E-state index is 13.7. The van der Waals surface area contributed by atoms with E-state index in [-0.39, 0.29) is 11.7 Å². The van der Waals surface area contributed by atoms with Crippen molar-refractivity contribution < 1.29 is 18.7 Å². The fourth-order valence-electron chi connectivity index (χ4n) is 2.03. The fourth-order valence-corrected chi connectivity index (χ4v) is 2.37. The highest BCUT2D eigenvalue weighted by Crippen LogP contribution is 2.29. The molecule has 2 rings (SSSR count). The Hall–Kier alpha value is -1.88. The van der Waals surface area contributed by atoms with Crippen molar-refractivity contribution in [1.29, 1.82) is 0 Å². The average Bonchev–Trinajstić information content (AvgIpc) is 2.49. The SMILES string of the molecule is COC(=O)CCc1ccc(Oc2cc(Br)ccc2F)cc1C. The summed E-state index contributed by atoms with van der Waals surface area (Å²) in [7, 11) is 1.37. The molecule has 0 saturated heterocycles. The molecule has 0 bridgehead atoms. The lowest BCUT2D eigenvalue weighted by atomic mass is 10.0. The van der Waals surface area contributed by atoms with Crippen molar-refractivity contribution in [2.45, 2.75) is 19.8 Å². The molecular formula is C17H16BrFO3. The minimum Gasteiger partial charge on any atom is -0.469 e. The minimum atomic E-state index is -0.421. The first kappa shape index (κ1) is 16.5. The van der Waals surface area contributed by atoms with E-state index in [0.29, 0.717) is 18.6 Å². The molecule has 22 heavy (non-hydrogen) atoms. The number of aryl methyl sites for hydroxylation is 2. The van der Waals surface area contributed by atoms with Crippen LogP contribution in [0.15, 0.2) is 40.9 Å². The van der Waals surface area contributed by atoms with Crippen molar-refractivity contribution in [3.63, 3.8) is 0 Å². The molecule has 0 N–H and O–H groups in total. The summed E-state index contributed by atoms with van der Waals surface area (Å²) in [5.41, 5.74) is 2.02. The molecule has 0 aromatic heterocycles. The maximum Gasteiger partial charge on any atom is 0.305 e. The number of rotatable bonds is 5. The van der Waals surface area contributed by atoms with Crippen molar-refractivity contribution in [3.8, 4) is 11.5 Å². The molecule has 2 aromatic carbocycles. The first-order valence-corrected chi connectivity index (χ1v) is 7.58. The summed E-state index contributed by atoms with van der Waals surface area (Å²) < 4.78 is 24.6. The third-order valence-corrected chi connectivity index (χ3v) is 3.75. The number of hydrogen-bond acceptors (Lipinski definition) is 3. The van der Waals surface area contributed by atoms with Gasteiger partial charge in [0.15, 0.2) is 11.6 Å². The molecule has 2 aromatic rings. The second-order valence-corrected chi connectivity index (χ2v) is 5.76. The zero-order valence-electron chi connectivity index (χ0n) is 12.4. The lowest BCUT2D eigenvalue weighted by molar-refractivity contribution is -0.140. The Balaban J connectivity index is 2.12. The first-order valence-electron chi connectivity index (χ1n) is 6.79. The molecule has 0 fully saturated rings. The van der Waals surface area contributed by atoms with E-state index in [2.05, 4.69) is 20.7 Å². The molecule has 0 heterocycles. The Morgan fingerprint density at radius 2 is 2.00 bits per heavy atom. The van der Waals surface area contributed by atoms with E-state index in [1.807, 2.05) is 19.1 Å². The van der Waals surface area contributed by atoms with Crippen LogP contribution >= 0.6 is 15.9 Å². The maximum atomic E-state index is 13.7. The number of benzene rings is 2. The number of halogens is 2. The molecule has 0 atom stereocenters. The summed E-state index contributed by atoms with van der Waals surface area (Å²) in [4.78, 5) is 11.2. The molecule has 3 nitrogen and oxygen atoms in total. The minimum absolute atomic E-state index is 0.163. The average molecular weight is 367 g/mol. The molecule has 0 aliphatic heterocycles. The summed E-state index contributed by atoms with van der Waals surface area (Å²) in [6, 6.07) is 10.0. The van der Waals surface area contributed by atoms with Crippen LogP contribution in [0.3, 0.4) is 0 Å². The van der Waals surface area contributed by atoms with E-state index in [9.17, 15) is 9.18 Å². The van der Waals surface area contributed by atoms with Gasteiger partial charge in [-0.25, -0.2) is 4.39 Å². The molecule has 5 heteroatoms. The summed E-state index contributed by atoms with van der Waals surface area (Å²) in [6.45, 7) is 1.93. The normalized spacial score (nSPS) is 10.4. The topological polar surface area (TPSA) is 35.5 Å². The van der Waals surface area contributed by atoms with Gasteiger partial charge in [0, 0.05) is 10.9 Å². The van der Waals surface area contributed by atoms with E-state index in [1.54, 1.807) is 18.2 Å². The van der Waals surface area contributed by atoms with Gasteiger partial charge in [-0.1, -0.05) is 22.0 Å². The first-order chi connectivity index (χ1) is 10.5. The van der Waals surface area contributed by atoms with Gasteiger partial charge in [0.25, 0.3) is 0 Å². The van der Waals surface area contributed by atoms with Gasteiger partial charge in [-0.3, -0.25) is 4.79 Å². The van der Waals surface area contributed by atoms with Gasteiger partial charge in [-0.05, 0) is 54.8 Å². The molecule has 0 spiro atoms. The predicted molar refractivity (Wildman–Crippen MR) is 85.7 cm³/mol. The Morgan fingerprint density at radius 3 is 2.68 bits per heavy atom. The van der Waals surface area contributed by atoms with Crippen molar-refractivity contribution in [2.75, 3.05) is 7.11 Å². The highest BCUT2D eigenvalue weighted by molar-refractivity contribution is 9.10. The Kier molecular flexibility index (Phi) is 5.55. The molecule has 0 saturated carbocycles. The monoisotopic (exact) mass is 366 g/mol. The molecular weight excluding hydrogens is 351 g/mol. The number of esters is 1. The van der Waals surface area contributed by atoms with Crippen LogP contribution in [0.5, 0.6) is 11.5 Å². The lowest BCUT2D eigenvalue weighted by Gasteiger charge is -2.10. The number of methoxy groups -OCH3 is 1. The summed E-state index contributed by atoms with van der Waals surface area (Å²) in [5, 5.41) is 0. The van der Waals surface area contributed by atoms with Gasteiger partial charge in [-0.15, -0.1) is 0 Å². The van der Waals surface area contributed by atoms with Gasteiger partial charge in [-0.2, -0.15) is 0 Å². The van der Waals surface area contributed by atoms with Crippen LogP contribution in [0.1, 0.15) is 17.5 Å². The van der Waals surface area contributed by atoms with Crippen molar-refractivity contribution in [3.05, 3.63) is 57.8 Å². The van der Waals surface area contributed by atoms with E-state index < -0.39 is 5.82 Å². The Labute approximate surface area is 137 Å². The molecule has 116 valence electrons. The molecule has 0 aliphatic rings. The van der Waals surface area contributed by atoms with E-state index in [4.69, 9.17) is 4.74 Å². The van der Waals surface area contributed by atoms with Crippen LogP contribution in [0.4, 0.5) is 4.39 Å². The smallest absolute Gasteiger partial charge is 0.305 e. The van der Waals surface area contributed by atoms with Gasteiger partial charge in [0.1, 0.15) is 5.75 Å². The van der Waals surface area contributed by atoms with Crippen LogP contribution in [-0.2, 0) is 16.0 Å². The van der Waals surface area contributed by atoms with E-state index in [0.717, 1.165) is 15.6 Å². The zero-order valence-corrected chi connectivity index (χ0v) is 13.9. The van der Waals surface area contributed by atoms with Crippen LogP contribution in [-0.4, -0.2) is 13.1 Å². The van der Waals surface area contributed by atoms with E-state index >= 15 is 0 Å². The molecule has 0 aliphatic carbocycles. The number of hydrogen-bond donors (Lipinski definition) is 0. The second kappa shape index (κ2) is 7.40. The van der Waals surface area contributed by atoms with Crippen LogP contribution < -0.4 is 4.74 Å². The second-order valence-electron chi connectivity index (χ2n) is 4.84. The fraction of sp³-hybridized carbons (Fsp3) is 0.235. The highest BCUT2D eigenvalue weighted by atomic mass is 79.9. The molecule has 0 unspecified atom stereocenters. The van der Waals surface area contributed by atoms with Crippen molar-refractivity contribution >= 4 is 21.9 Å². The third kappa shape index (κ3) is 4.31. The number of ether oxygens (including phenoxy) is 2. The van der Waals surface area contributed by atoms with Crippen LogP contribution in [0, 0.1) is 12.7 Å². The summed E-state index contributed by atoms with van der Waals surface area (Å²) in [5.74, 6) is 0.0546. The van der Waals surface area contributed by atoms with Crippen LogP contribution in [0.2, 0.25) is 0 Å². The van der Waals surface area contributed by atoms with Crippen molar-refractivity contribution in [1.82, 2.24) is 0 Å². The van der Waals surface area contributed by atoms with Crippen molar-refractivity contribution in [2.24, 2.45) is 0 Å². The van der Waals surface area contributed by atoms with Gasteiger partial charge < -0.3 is 9.47 Å². The standard InChI is InChI=1S/C17H16BrFO3/c1-11-9-14(6-3-12(11)4-8-17(20)21-2)22-16-10-13(18)5-7-15(16)19/h3,5-7,9-10H,4,8H2,1-2H3. The third-order valence-electron chi connectivity index (χ3n) is 3.26. The molecule has 0 amide bonds. The predicted octanol–water partition coefficient (Wildman–Crippen LogP) is 4.79. The van der Waals surface area contributed by atoms with E-state index in [1.165, 1.54) is 13.2 Å². The number of carbonyl (C=O) groups is 1. The Bertz CT molecular complexity index is 686. The highest BCUT2D eigenvalue weighted by Gasteiger charge is 2.08. The van der Waals surface area contributed by atoms with Gasteiger partial charge >= 0.3 is 5.97 Å². The Morgan fingerprint density at radius 1 is 1.23 bits per heavy atom. The quantitative estimate of drug-likeness (QED) is 0.713.